The Morgan fingerprint density at radius 2 is 1.40 bits per heavy atom. The molecule has 0 saturated heterocycles. The molecule has 0 aliphatic heterocycles. The van der Waals surface area contributed by atoms with Gasteiger partial charge in [0.05, 0.1) is 0 Å². The average molecular weight is 620 g/mol. The van der Waals surface area contributed by atoms with Crippen molar-refractivity contribution in [3.05, 3.63) is 100 Å². The molecule has 3 aromatic carbocycles. The first-order chi connectivity index (χ1) is 15.6. The van der Waals surface area contributed by atoms with Gasteiger partial charge in [0.1, 0.15) is 0 Å². The topological polar surface area (TPSA) is 9.23 Å². The van der Waals surface area contributed by atoms with Gasteiger partial charge in [-0.2, -0.15) is 0 Å². The monoisotopic (exact) mass is 617 g/mol. The summed E-state index contributed by atoms with van der Waals surface area (Å²) in [7, 11) is -1.52. The van der Waals surface area contributed by atoms with E-state index in [1.165, 1.54) is 33.4 Å². The number of halogens is 2. The Balaban J connectivity index is 0.00000171. The van der Waals surface area contributed by atoms with Gasteiger partial charge in [0.2, 0.25) is 0 Å². The molecule has 0 N–H and O–H groups in total. The quantitative estimate of drug-likeness (QED) is 0.253. The molecule has 2 atom stereocenters. The van der Waals surface area contributed by atoms with Crippen molar-refractivity contribution in [3.63, 3.8) is 0 Å². The zero-order chi connectivity index (χ0) is 23.4. The van der Waals surface area contributed by atoms with Crippen LogP contribution in [0.25, 0.3) is 17.2 Å². The van der Waals surface area contributed by atoms with Crippen LogP contribution < -0.4 is 0 Å². The van der Waals surface area contributed by atoms with Gasteiger partial charge in [-0.3, -0.25) is 0 Å². The zero-order valence-electron chi connectivity index (χ0n) is 21.4. The van der Waals surface area contributed by atoms with E-state index >= 15 is 0 Å². The largest absolute Gasteiger partial charge is 0.147 e. The summed E-state index contributed by atoms with van der Waals surface area (Å²) < 4.78 is 12.1. The first-order valence-corrected chi connectivity index (χ1v) is 27.8. The third-order valence-electron chi connectivity index (χ3n) is 7.03. The summed E-state index contributed by atoms with van der Waals surface area (Å²) in [5, 5.41) is 0. The van der Waals surface area contributed by atoms with Crippen molar-refractivity contribution in [2.75, 3.05) is 6.61 Å². The fourth-order valence-corrected chi connectivity index (χ4v) is 14.4. The van der Waals surface area contributed by atoms with E-state index in [0.29, 0.717) is 9.54 Å². The van der Waals surface area contributed by atoms with E-state index in [2.05, 4.69) is 109 Å². The van der Waals surface area contributed by atoms with Crippen molar-refractivity contribution >= 4 is 46.1 Å². The normalized spacial score (nSPS) is 18.0. The minimum atomic E-state index is -2.33. The number of hydrogen-bond acceptors (Lipinski definition) is 1. The van der Waals surface area contributed by atoms with E-state index in [4.69, 9.17) is 4.43 Å². The van der Waals surface area contributed by atoms with Gasteiger partial charge in [-0.15, -0.1) is 24.8 Å². The van der Waals surface area contributed by atoms with Gasteiger partial charge in [0, 0.05) is 0 Å². The molecule has 0 fully saturated rings. The summed E-state index contributed by atoms with van der Waals surface area (Å²) in [5.41, 5.74) is 12.1. The average Bonchev–Trinajstić information content (AvgIpc) is 3.28. The summed E-state index contributed by atoms with van der Waals surface area (Å²) in [4.78, 5) is 0. The molecule has 2 aliphatic carbocycles. The van der Waals surface area contributed by atoms with Crippen LogP contribution in [0.5, 0.6) is 0 Å². The van der Waals surface area contributed by atoms with Crippen molar-refractivity contribution in [3.8, 4) is 11.1 Å². The van der Waals surface area contributed by atoms with E-state index in [0.717, 1.165) is 13.0 Å². The molecular weight excluding hydrogens is 583 g/mol. The first-order valence-electron chi connectivity index (χ1n) is 12.2. The molecule has 5 rings (SSSR count). The molecule has 185 valence electrons. The fraction of sp³-hybridized carbons (Fsp3) is 0.310. The second kappa shape index (κ2) is 10.9. The molecule has 0 aromatic heterocycles. The Bertz CT molecular complexity index is 1310. The molecule has 0 radical (unpaired) electrons. The third kappa shape index (κ3) is 5.59. The smallest absolute Gasteiger partial charge is 0.147 e. The Labute approximate surface area is 230 Å². The predicted octanol–water partition coefficient (Wildman–Crippen LogP) is 8.17. The molecule has 1 nitrogen and oxygen atoms in total. The molecule has 3 aromatic rings. The first kappa shape index (κ1) is 28.8. The van der Waals surface area contributed by atoms with E-state index in [-0.39, 0.29) is 24.8 Å². The van der Waals surface area contributed by atoms with Gasteiger partial charge in [-0.25, -0.2) is 0 Å². The van der Waals surface area contributed by atoms with Crippen LogP contribution in [0.1, 0.15) is 43.8 Å². The van der Waals surface area contributed by atoms with Gasteiger partial charge >= 0.3 is 207 Å². The van der Waals surface area contributed by atoms with Crippen molar-refractivity contribution in [1.82, 2.24) is 0 Å². The van der Waals surface area contributed by atoms with Crippen molar-refractivity contribution in [2.45, 2.75) is 44.9 Å². The summed E-state index contributed by atoms with van der Waals surface area (Å²) in [6.07, 6.45) is 3.46. The van der Waals surface area contributed by atoms with Crippen LogP contribution in [-0.4, -0.2) is 21.8 Å². The third-order valence-corrected chi connectivity index (χ3v) is 15.8. The second-order valence-electron chi connectivity index (χ2n) is 11.3. The van der Waals surface area contributed by atoms with Gasteiger partial charge in [-0.1, -0.05) is 0 Å². The van der Waals surface area contributed by atoms with Crippen LogP contribution >= 0.6 is 24.8 Å². The molecule has 0 heterocycles. The van der Waals surface area contributed by atoms with E-state index < -0.39 is 27.2 Å². The summed E-state index contributed by atoms with van der Waals surface area (Å²) in [6, 6.07) is 25.3. The second-order valence-corrected chi connectivity index (χ2v) is 37.8. The molecule has 2 aliphatic rings. The predicted molar refractivity (Wildman–Crippen MR) is 159 cm³/mol. The SMILES string of the molecule is C[Si](C)(C)OCCC1=Cc2ccccc2C1c1cccc2c1[CH]([Zr]([CH3])([CH3])=[SiH2])c1ccccc1-2.Cl.Cl. The van der Waals surface area contributed by atoms with Crippen LogP contribution in [0.4, 0.5) is 0 Å². The summed E-state index contributed by atoms with van der Waals surface area (Å²) in [6.45, 7) is 10.0. The molecule has 0 amide bonds. The van der Waals surface area contributed by atoms with Crippen molar-refractivity contribution < 1.29 is 23.3 Å². The maximum atomic E-state index is 6.30. The number of hydrogen-bond donors (Lipinski definition) is 0. The summed E-state index contributed by atoms with van der Waals surface area (Å²) >= 11 is -2.33. The van der Waals surface area contributed by atoms with Crippen molar-refractivity contribution in [2.24, 2.45) is 0 Å². The van der Waals surface area contributed by atoms with Gasteiger partial charge in [-0.05, 0) is 0 Å². The van der Waals surface area contributed by atoms with Crippen LogP contribution in [0, 0.1) is 0 Å². The molecule has 6 heteroatoms. The van der Waals surface area contributed by atoms with Crippen LogP contribution in [0.2, 0.25) is 28.9 Å². The Morgan fingerprint density at radius 3 is 2.09 bits per heavy atom. The molecule has 0 spiro atoms. The summed E-state index contributed by atoms with van der Waals surface area (Å²) in [5.74, 6) is 0.343. The van der Waals surface area contributed by atoms with Crippen LogP contribution in [-0.2, 0) is 23.3 Å². The molecule has 0 saturated carbocycles. The molecule has 35 heavy (non-hydrogen) atoms. The standard InChI is InChI=1S/C27H27OSi.2CH3.2ClH.H2Si.Zr/c1-29(2,3)28-16-15-21-17-19-9-5-7-12-23(19)27(21)25-14-8-13-24-22-11-6-4-10-20(22)18-26(24)25;;;;;;/h4-14,17-18,27H,15-16H2,1-3H3;2*1H3;2*1H;1H2;. The van der Waals surface area contributed by atoms with E-state index in [1.54, 1.807) is 11.1 Å². The zero-order valence-corrected chi connectivity index (χ0v) is 27.9. The maximum Gasteiger partial charge on any atom is -0.147 e. The number of rotatable bonds is 6. The Kier molecular flexibility index (Phi) is 9.00. The molecule has 0 bridgehead atoms. The van der Waals surface area contributed by atoms with Gasteiger partial charge in [0.15, 0.2) is 0 Å². The van der Waals surface area contributed by atoms with Gasteiger partial charge in [0.25, 0.3) is 0 Å². The minimum absolute atomic E-state index is 0. The minimum Gasteiger partial charge on any atom is -0.147 e. The van der Waals surface area contributed by atoms with Crippen molar-refractivity contribution in [1.29, 1.82) is 0 Å². The maximum absolute atomic E-state index is 6.30. The number of fused-ring (bicyclic) bond motifs is 4. The fourth-order valence-electron chi connectivity index (χ4n) is 5.80. The van der Waals surface area contributed by atoms with Crippen LogP contribution in [0.3, 0.4) is 0 Å². The van der Waals surface area contributed by atoms with Crippen LogP contribution in [0.15, 0.2) is 72.3 Å². The van der Waals surface area contributed by atoms with Gasteiger partial charge < -0.3 is 0 Å². The van der Waals surface area contributed by atoms with E-state index in [9.17, 15) is 0 Å². The Hall–Kier alpha value is -0.743. The van der Waals surface area contributed by atoms with E-state index in [1.807, 2.05) is 0 Å². The molecule has 2 unspecified atom stereocenters. The Morgan fingerprint density at radius 1 is 0.800 bits per heavy atom. The molecular formula is C29H37Cl2OSi2Zr. The number of benzene rings is 3.